The molecule has 0 aliphatic carbocycles. The third-order valence-corrected chi connectivity index (χ3v) is 8.81. The van der Waals surface area contributed by atoms with Gasteiger partial charge in [-0.2, -0.15) is 0 Å². The normalized spacial score (nSPS) is 16.7. The number of hydrogen-bond acceptors (Lipinski definition) is 4. The summed E-state index contributed by atoms with van der Waals surface area (Å²) in [4.78, 5) is 43.7. The van der Waals surface area contributed by atoms with E-state index in [1.807, 2.05) is 36.4 Å². The van der Waals surface area contributed by atoms with Crippen LogP contribution in [-0.4, -0.2) is 55.2 Å². The third kappa shape index (κ3) is 6.76. The Kier molecular flexibility index (Phi) is 9.22. The summed E-state index contributed by atoms with van der Waals surface area (Å²) in [5.74, 6) is -0.369. The van der Waals surface area contributed by atoms with E-state index < -0.39 is 6.09 Å². The quantitative estimate of drug-likeness (QED) is 0.193. The molecule has 1 amide bonds. The molecule has 230 valence electrons. The van der Waals surface area contributed by atoms with Gasteiger partial charge in [0, 0.05) is 37.3 Å². The molecule has 1 aliphatic rings. The van der Waals surface area contributed by atoms with E-state index in [0.717, 1.165) is 26.1 Å². The highest BCUT2D eigenvalue weighted by atomic mass is 16.4. The van der Waals surface area contributed by atoms with Crippen LogP contribution in [0.5, 0.6) is 0 Å². The van der Waals surface area contributed by atoms with Gasteiger partial charge in [-0.05, 0) is 67.6 Å². The van der Waals surface area contributed by atoms with Crippen molar-refractivity contribution in [3.05, 3.63) is 142 Å². The number of rotatable bonds is 10. The van der Waals surface area contributed by atoms with Crippen molar-refractivity contribution in [3.63, 3.8) is 0 Å². The van der Waals surface area contributed by atoms with E-state index in [2.05, 4.69) is 53.4 Å². The number of hydrogen-bond donors (Lipinski definition) is 1. The van der Waals surface area contributed by atoms with Crippen molar-refractivity contribution in [1.29, 1.82) is 0 Å². The molecule has 8 heteroatoms. The number of para-hydroxylation sites is 2. The van der Waals surface area contributed by atoms with Gasteiger partial charge in [0.25, 0.3) is 5.91 Å². The van der Waals surface area contributed by atoms with Gasteiger partial charge in [0.2, 0.25) is 0 Å². The molecule has 2 heterocycles. The fraction of sp³-hybridized carbons (Fsp3) is 0.270. The Morgan fingerprint density at radius 1 is 0.756 bits per heavy atom. The zero-order valence-corrected chi connectivity index (χ0v) is 25.2. The summed E-state index contributed by atoms with van der Waals surface area (Å²) in [6.07, 6.45) is 1.57. The number of likely N-dealkylation sites (tertiary alicyclic amines) is 1. The van der Waals surface area contributed by atoms with Crippen LogP contribution in [0.4, 0.5) is 4.79 Å². The summed E-state index contributed by atoms with van der Waals surface area (Å²) in [7, 11) is 0. The Morgan fingerprint density at radius 3 is 1.91 bits per heavy atom. The first-order valence-corrected chi connectivity index (χ1v) is 15.6. The molecule has 1 fully saturated rings. The van der Waals surface area contributed by atoms with Crippen molar-refractivity contribution >= 4 is 23.0 Å². The van der Waals surface area contributed by atoms with Gasteiger partial charge in [0.15, 0.2) is 0 Å². The first-order valence-electron chi connectivity index (χ1n) is 15.6. The first kappa shape index (κ1) is 30.1. The highest BCUT2D eigenvalue weighted by Crippen LogP contribution is 2.32. The lowest BCUT2D eigenvalue weighted by molar-refractivity contribution is 0.0850. The maximum atomic E-state index is 13.9. The molecule has 1 aromatic heterocycles. The fourth-order valence-corrected chi connectivity index (χ4v) is 6.67. The Balaban J connectivity index is 1.22. The molecule has 1 aliphatic heterocycles. The highest BCUT2D eigenvalue weighted by molar-refractivity contribution is 6.01. The number of carbonyl (C=O) groups excluding carboxylic acids is 1. The lowest BCUT2D eigenvalue weighted by Gasteiger charge is -2.38. The number of benzene rings is 4. The van der Waals surface area contributed by atoms with Crippen molar-refractivity contribution in [2.24, 2.45) is 0 Å². The number of amides is 1. The zero-order chi connectivity index (χ0) is 31.2. The van der Waals surface area contributed by atoms with E-state index in [1.54, 1.807) is 34.9 Å². The standard InChI is InChI=1S/C37H38N4O4/c42-35(30-17-8-3-9-18-30)41-34-21-11-10-20-33(34)40(36(41)43)32-22-24-39(37(44)45)31(25-32)19-12-23-38(26-28-13-4-1-5-14-28)27-29-15-6-2-7-16-29/h1-11,13-18,20-21,31-32H,12,19,22-27H2,(H,44,45)/t31-,32?/m0/s1. The topological polar surface area (TPSA) is 87.8 Å². The molecular weight excluding hydrogens is 564 g/mol. The monoisotopic (exact) mass is 602 g/mol. The number of aromatic nitrogens is 2. The zero-order valence-electron chi connectivity index (χ0n) is 25.2. The Morgan fingerprint density at radius 2 is 1.31 bits per heavy atom. The largest absolute Gasteiger partial charge is 0.465 e. The smallest absolute Gasteiger partial charge is 0.407 e. The summed E-state index contributed by atoms with van der Waals surface area (Å²) in [5, 5.41) is 10.1. The molecule has 5 aromatic rings. The minimum Gasteiger partial charge on any atom is -0.465 e. The predicted octanol–water partition coefficient (Wildman–Crippen LogP) is 6.66. The predicted molar refractivity (Wildman–Crippen MR) is 175 cm³/mol. The van der Waals surface area contributed by atoms with Gasteiger partial charge in [-0.25, -0.2) is 14.2 Å². The molecule has 8 nitrogen and oxygen atoms in total. The second kappa shape index (κ2) is 13.8. The molecule has 0 radical (unpaired) electrons. The van der Waals surface area contributed by atoms with E-state index >= 15 is 0 Å². The maximum absolute atomic E-state index is 13.9. The molecule has 1 unspecified atom stereocenters. The van der Waals surface area contributed by atoms with Gasteiger partial charge in [-0.3, -0.25) is 14.3 Å². The van der Waals surface area contributed by atoms with Crippen molar-refractivity contribution in [1.82, 2.24) is 18.9 Å². The van der Waals surface area contributed by atoms with Crippen LogP contribution in [0.15, 0.2) is 120 Å². The van der Waals surface area contributed by atoms with E-state index in [4.69, 9.17) is 0 Å². The Hall–Kier alpha value is -4.95. The number of fused-ring (bicyclic) bond motifs is 1. The van der Waals surface area contributed by atoms with Crippen LogP contribution in [0, 0.1) is 0 Å². The number of piperidine rings is 1. The van der Waals surface area contributed by atoms with Crippen LogP contribution in [0.2, 0.25) is 0 Å². The average molecular weight is 603 g/mol. The van der Waals surface area contributed by atoms with Crippen LogP contribution >= 0.6 is 0 Å². The van der Waals surface area contributed by atoms with Crippen molar-refractivity contribution in [2.75, 3.05) is 13.1 Å². The minimum atomic E-state index is -0.932. The molecule has 1 N–H and O–H groups in total. The van der Waals surface area contributed by atoms with Crippen molar-refractivity contribution in [3.8, 4) is 0 Å². The van der Waals surface area contributed by atoms with Crippen molar-refractivity contribution < 1.29 is 14.7 Å². The third-order valence-electron chi connectivity index (χ3n) is 8.81. The lowest BCUT2D eigenvalue weighted by Crippen LogP contribution is -2.47. The number of nitrogens with zero attached hydrogens (tertiary/aromatic N) is 4. The van der Waals surface area contributed by atoms with Crippen LogP contribution < -0.4 is 5.69 Å². The van der Waals surface area contributed by atoms with Gasteiger partial charge in [0.05, 0.1) is 11.0 Å². The van der Waals surface area contributed by atoms with E-state index in [1.165, 1.54) is 20.6 Å². The summed E-state index contributed by atoms with van der Waals surface area (Å²) in [6, 6.07) is 36.5. The van der Waals surface area contributed by atoms with Crippen LogP contribution in [0.25, 0.3) is 11.0 Å². The molecule has 4 aromatic carbocycles. The van der Waals surface area contributed by atoms with Gasteiger partial charge in [-0.1, -0.05) is 91.0 Å². The molecule has 0 bridgehead atoms. The molecule has 2 atom stereocenters. The SMILES string of the molecule is O=C(O)N1CCC(n2c(=O)n(C(=O)c3ccccc3)c3ccccc32)C[C@@H]1CCCN(Cc1ccccc1)Cc1ccccc1. The summed E-state index contributed by atoms with van der Waals surface area (Å²) in [6.45, 7) is 2.75. The number of carboxylic acid groups (broad SMARTS) is 1. The Labute approximate surface area is 262 Å². The van der Waals surface area contributed by atoms with Crippen LogP contribution in [0.3, 0.4) is 0 Å². The average Bonchev–Trinajstić information content (AvgIpc) is 3.37. The Bertz CT molecular complexity index is 1760. The van der Waals surface area contributed by atoms with E-state index in [-0.39, 0.29) is 23.7 Å². The van der Waals surface area contributed by atoms with Gasteiger partial charge < -0.3 is 10.0 Å². The summed E-state index contributed by atoms with van der Waals surface area (Å²) < 4.78 is 2.98. The molecule has 1 saturated heterocycles. The number of carbonyl (C=O) groups is 2. The first-order chi connectivity index (χ1) is 22.0. The summed E-state index contributed by atoms with van der Waals surface area (Å²) >= 11 is 0. The highest BCUT2D eigenvalue weighted by Gasteiger charge is 2.34. The second-order valence-corrected chi connectivity index (χ2v) is 11.8. The lowest BCUT2D eigenvalue weighted by atomic mass is 9.93. The van der Waals surface area contributed by atoms with Crippen molar-refractivity contribution in [2.45, 2.75) is 50.9 Å². The van der Waals surface area contributed by atoms with Crippen LogP contribution in [0.1, 0.15) is 53.2 Å². The van der Waals surface area contributed by atoms with Gasteiger partial charge in [0.1, 0.15) is 0 Å². The van der Waals surface area contributed by atoms with Gasteiger partial charge >= 0.3 is 11.8 Å². The maximum Gasteiger partial charge on any atom is 0.407 e. The molecule has 45 heavy (non-hydrogen) atoms. The minimum absolute atomic E-state index is 0.224. The van der Waals surface area contributed by atoms with E-state index in [0.29, 0.717) is 42.4 Å². The second-order valence-electron chi connectivity index (χ2n) is 11.8. The molecular formula is C37H38N4O4. The molecule has 0 spiro atoms. The van der Waals surface area contributed by atoms with E-state index in [9.17, 15) is 19.5 Å². The van der Waals surface area contributed by atoms with Crippen LogP contribution in [-0.2, 0) is 13.1 Å². The summed E-state index contributed by atoms with van der Waals surface area (Å²) in [5.41, 5.74) is 3.78. The fourth-order valence-electron chi connectivity index (χ4n) is 6.67. The van der Waals surface area contributed by atoms with Gasteiger partial charge in [-0.15, -0.1) is 0 Å². The molecule has 0 saturated carbocycles. The number of imidazole rings is 1. The molecule has 6 rings (SSSR count).